The summed E-state index contributed by atoms with van der Waals surface area (Å²) in [6.07, 6.45) is 0. The quantitative estimate of drug-likeness (QED) is 0.228. The Bertz CT molecular complexity index is 1740. The van der Waals surface area contributed by atoms with E-state index in [1.807, 2.05) is 11.8 Å². The molecular weight excluding hydrogens is 490 g/mol. The Balaban J connectivity index is 1.31. The van der Waals surface area contributed by atoms with Gasteiger partial charge in [-0.3, -0.25) is 0 Å². The van der Waals surface area contributed by atoms with Crippen molar-refractivity contribution in [1.82, 2.24) is 0 Å². The number of hydrogen-bond donors (Lipinski definition) is 0. The maximum Gasteiger partial charge on any atom is 0.0601 e. The van der Waals surface area contributed by atoms with Crippen LogP contribution in [0.2, 0.25) is 0 Å². The minimum absolute atomic E-state index is 1.16. The predicted octanol–water partition coefficient (Wildman–Crippen LogP) is 10.9. The lowest BCUT2D eigenvalue weighted by atomic mass is 9.89. The van der Waals surface area contributed by atoms with E-state index in [0.29, 0.717) is 0 Å². The van der Waals surface area contributed by atoms with E-state index in [4.69, 9.17) is 0 Å². The topological polar surface area (TPSA) is 3.24 Å². The van der Waals surface area contributed by atoms with Crippen molar-refractivity contribution in [1.29, 1.82) is 0 Å². The summed E-state index contributed by atoms with van der Waals surface area (Å²) in [5, 5.41) is 0. The van der Waals surface area contributed by atoms with Gasteiger partial charge in [0.2, 0.25) is 0 Å². The van der Waals surface area contributed by atoms with Crippen LogP contribution in [0.15, 0.2) is 155 Å². The van der Waals surface area contributed by atoms with Gasteiger partial charge in [-0.05, 0) is 76.7 Å². The molecule has 0 saturated carbocycles. The molecule has 7 rings (SSSR count). The highest BCUT2D eigenvalue weighted by atomic mass is 32.2. The van der Waals surface area contributed by atoms with Crippen LogP contribution in [0.5, 0.6) is 0 Å². The third-order valence-corrected chi connectivity index (χ3v) is 8.51. The molecule has 1 heterocycles. The average molecular weight is 518 g/mol. The second-order valence-corrected chi connectivity index (χ2v) is 11.0. The number of aryl methyl sites for hydroxylation is 1. The molecule has 0 amide bonds. The smallest absolute Gasteiger partial charge is 0.0601 e. The SMILES string of the molecule is Cc1ccc(-c2ccccc2-c2ccccc2-c2ccc(N3c4ccccc4Sc4ccccc43)cc2)cc1. The fraction of sp³-hybridized carbons (Fsp3) is 0.0270. The predicted molar refractivity (Wildman–Crippen MR) is 166 cm³/mol. The zero-order valence-electron chi connectivity index (χ0n) is 21.7. The van der Waals surface area contributed by atoms with Crippen molar-refractivity contribution in [2.24, 2.45) is 0 Å². The van der Waals surface area contributed by atoms with Crippen molar-refractivity contribution in [2.45, 2.75) is 16.7 Å². The first-order valence-corrected chi connectivity index (χ1v) is 14.1. The Labute approximate surface area is 234 Å². The van der Waals surface area contributed by atoms with Gasteiger partial charge in [0.1, 0.15) is 0 Å². The average Bonchev–Trinajstić information content (AvgIpc) is 3.00. The highest BCUT2D eigenvalue weighted by Crippen LogP contribution is 2.51. The van der Waals surface area contributed by atoms with Crippen molar-refractivity contribution >= 4 is 28.8 Å². The fourth-order valence-corrected chi connectivity index (χ4v) is 6.50. The Kier molecular flexibility index (Phi) is 6.03. The summed E-state index contributed by atoms with van der Waals surface area (Å²) < 4.78 is 0. The molecule has 0 atom stereocenters. The minimum atomic E-state index is 1.16. The van der Waals surface area contributed by atoms with E-state index in [9.17, 15) is 0 Å². The first kappa shape index (κ1) is 23.6. The number of hydrogen-bond acceptors (Lipinski definition) is 2. The summed E-state index contributed by atoms with van der Waals surface area (Å²) in [6, 6.07) is 52.6. The number of anilines is 3. The summed E-state index contributed by atoms with van der Waals surface area (Å²) in [6.45, 7) is 2.13. The van der Waals surface area contributed by atoms with Crippen molar-refractivity contribution in [2.75, 3.05) is 4.90 Å². The van der Waals surface area contributed by atoms with Crippen LogP contribution in [0.25, 0.3) is 33.4 Å². The van der Waals surface area contributed by atoms with Gasteiger partial charge in [0.15, 0.2) is 0 Å². The summed E-state index contributed by atoms with van der Waals surface area (Å²) in [4.78, 5) is 4.93. The van der Waals surface area contributed by atoms with Gasteiger partial charge in [0.05, 0.1) is 11.4 Å². The van der Waals surface area contributed by atoms with Crippen molar-refractivity contribution in [3.63, 3.8) is 0 Å². The summed E-state index contributed by atoms with van der Waals surface area (Å²) in [5.74, 6) is 0. The van der Waals surface area contributed by atoms with Gasteiger partial charge in [-0.1, -0.05) is 127 Å². The largest absolute Gasteiger partial charge is 0.308 e. The maximum absolute atomic E-state index is 2.38. The van der Waals surface area contributed by atoms with Gasteiger partial charge in [0, 0.05) is 15.5 Å². The number of benzene rings is 6. The number of para-hydroxylation sites is 2. The van der Waals surface area contributed by atoms with Crippen LogP contribution in [0.4, 0.5) is 17.1 Å². The standard InChI is InChI=1S/C37H27NS/c1-26-18-20-27(21-19-26)30-10-2-4-12-32(30)33-13-5-3-11-31(33)28-22-24-29(25-23-28)38-34-14-6-8-16-36(34)39-37-17-9-7-15-35(37)38/h2-25H,1H3. The zero-order valence-corrected chi connectivity index (χ0v) is 22.5. The molecule has 1 aliphatic rings. The van der Waals surface area contributed by atoms with Crippen LogP contribution in [0.3, 0.4) is 0 Å². The minimum Gasteiger partial charge on any atom is -0.308 e. The normalized spacial score (nSPS) is 12.1. The molecule has 0 fully saturated rings. The lowest BCUT2D eigenvalue weighted by molar-refractivity contribution is 1.17. The van der Waals surface area contributed by atoms with Crippen LogP contribution < -0.4 is 4.90 Å². The molecule has 1 nitrogen and oxygen atoms in total. The molecular formula is C37H27NS. The van der Waals surface area contributed by atoms with Crippen LogP contribution >= 0.6 is 11.8 Å². The van der Waals surface area contributed by atoms with Crippen LogP contribution in [0, 0.1) is 6.92 Å². The maximum atomic E-state index is 2.38. The monoisotopic (exact) mass is 517 g/mol. The first-order valence-electron chi connectivity index (χ1n) is 13.3. The third-order valence-electron chi connectivity index (χ3n) is 7.38. The highest BCUT2D eigenvalue weighted by Gasteiger charge is 2.24. The van der Waals surface area contributed by atoms with E-state index < -0.39 is 0 Å². The Morgan fingerprint density at radius 2 is 0.821 bits per heavy atom. The molecule has 0 aromatic heterocycles. The van der Waals surface area contributed by atoms with E-state index in [0.717, 1.165) is 5.69 Å². The van der Waals surface area contributed by atoms with Crippen LogP contribution in [-0.4, -0.2) is 0 Å². The molecule has 0 spiro atoms. The molecule has 0 aliphatic carbocycles. The van der Waals surface area contributed by atoms with Gasteiger partial charge in [0.25, 0.3) is 0 Å². The van der Waals surface area contributed by atoms with E-state index in [-0.39, 0.29) is 0 Å². The van der Waals surface area contributed by atoms with Gasteiger partial charge < -0.3 is 4.90 Å². The molecule has 0 radical (unpaired) electrons. The number of rotatable bonds is 4. The molecule has 39 heavy (non-hydrogen) atoms. The molecule has 0 unspecified atom stereocenters. The zero-order chi connectivity index (χ0) is 26.2. The van der Waals surface area contributed by atoms with Gasteiger partial charge >= 0.3 is 0 Å². The highest BCUT2D eigenvalue weighted by molar-refractivity contribution is 7.99. The second kappa shape index (κ2) is 9.98. The van der Waals surface area contributed by atoms with Crippen molar-refractivity contribution in [3.8, 4) is 33.4 Å². The third kappa shape index (κ3) is 4.33. The second-order valence-electron chi connectivity index (χ2n) is 9.88. The van der Waals surface area contributed by atoms with Crippen LogP contribution in [-0.2, 0) is 0 Å². The van der Waals surface area contributed by atoms with Gasteiger partial charge in [-0.15, -0.1) is 0 Å². The summed E-state index contributed by atoms with van der Waals surface area (Å²) in [7, 11) is 0. The van der Waals surface area contributed by atoms with E-state index in [1.54, 1.807) is 0 Å². The van der Waals surface area contributed by atoms with Gasteiger partial charge in [-0.2, -0.15) is 0 Å². The van der Waals surface area contributed by atoms with Crippen LogP contribution in [0.1, 0.15) is 5.56 Å². The van der Waals surface area contributed by atoms with Gasteiger partial charge in [-0.25, -0.2) is 0 Å². The molecule has 0 bridgehead atoms. The van der Waals surface area contributed by atoms with E-state index in [2.05, 4.69) is 157 Å². The molecule has 1 aliphatic heterocycles. The molecule has 2 heteroatoms. The number of nitrogens with zero attached hydrogens (tertiary/aromatic N) is 1. The molecule has 6 aromatic carbocycles. The molecule has 6 aromatic rings. The Morgan fingerprint density at radius 1 is 0.410 bits per heavy atom. The fourth-order valence-electron chi connectivity index (χ4n) is 5.45. The van der Waals surface area contributed by atoms with E-state index in [1.165, 1.54) is 60.1 Å². The lowest BCUT2D eigenvalue weighted by Gasteiger charge is -2.32. The van der Waals surface area contributed by atoms with Crippen molar-refractivity contribution in [3.05, 3.63) is 151 Å². The first-order chi connectivity index (χ1) is 19.3. The Morgan fingerprint density at radius 3 is 1.33 bits per heavy atom. The summed E-state index contributed by atoms with van der Waals surface area (Å²) >= 11 is 1.84. The van der Waals surface area contributed by atoms with Crippen molar-refractivity contribution < 1.29 is 0 Å². The Hall–Kier alpha value is -4.53. The number of fused-ring (bicyclic) bond motifs is 2. The molecule has 0 saturated heterocycles. The molecule has 0 N–H and O–H groups in total. The lowest BCUT2D eigenvalue weighted by Crippen LogP contribution is -2.14. The molecule has 186 valence electrons. The van der Waals surface area contributed by atoms with E-state index >= 15 is 0 Å². The summed E-state index contributed by atoms with van der Waals surface area (Å²) in [5.41, 5.74) is 12.3.